The zero-order valence-electron chi connectivity index (χ0n) is 13.8. The molecule has 0 saturated heterocycles. The van der Waals surface area contributed by atoms with Crippen LogP contribution in [0.4, 0.5) is 13.2 Å². The number of aliphatic hydroxyl groups is 1. The Kier molecular flexibility index (Phi) is 5.39. The maximum atomic E-state index is 12.7. The van der Waals surface area contributed by atoms with Crippen LogP contribution in [-0.2, 0) is 12.7 Å². The first kappa shape index (κ1) is 17.9. The first-order chi connectivity index (χ1) is 11.9. The van der Waals surface area contributed by atoms with Crippen molar-refractivity contribution in [2.24, 2.45) is 0 Å². The largest absolute Gasteiger partial charge is 0.416 e. The summed E-state index contributed by atoms with van der Waals surface area (Å²) in [6.07, 6.45) is -0.740. The van der Waals surface area contributed by atoms with E-state index in [9.17, 15) is 18.3 Å². The van der Waals surface area contributed by atoms with E-state index in [1.54, 1.807) is 6.07 Å². The third-order valence-electron chi connectivity index (χ3n) is 4.59. The predicted octanol–water partition coefficient (Wildman–Crippen LogP) is 4.16. The zero-order valence-corrected chi connectivity index (χ0v) is 13.8. The van der Waals surface area contributed by atoms with Gasteiger partial charge in [0.2, 0.25) is 0 Å². The van der Waals surface area contributed by atoms with Crippen LogP contribution in [0.3, 0.4) is 0 Å². The molecule has 2 aromatic rings. The normalized spacial score (nSPS) is 21.3. The van der Waals surface area contributed by atoms with Gasteiger partial charge in [0.05, 0.1) is 23.1 Å². The average Bonchev–Trinajstić information content (AvgIpc) is 2.61. The molecule has 2 atom stereocenters. The summed E-state index contributed by atoms with van der Waals surface area (Å²) in [5.74, 6) is 0. The van der Waals surface area contributed by atoms with Crippen molar-refractivity contribution >= 4 is 0 Å². The molecule has 0 aliphatic heterocycles. The second kappa shape index (κ2) is 7.54. The summed E-state index contributed by atoms with van der Waals surface area (Å²) < 4.78 is 38.0. The topological polar surface area (TPSA) is 45.1 Å². The molecule has 3 rings (SSSR count). The van der Waals surface area contributed by atoms with Gasteiger partial charge >= 0.3 is 6.18 Å². The van der Waals surface area contributed by atoms with Gasteiger partial charge in [-0.15, -0.1) is 0 Å². The van der Waals surface area contributed by atoms with E-state index in [1.807, 2.05) is 12.1 Å². The summed E-state index contributed by atoms with van der Waals surface area (Å²) in [7, 11) is 0. The van der Waals surface area contributed by atoms with E-state index < -0.39 is 11.7 Å². The van der Waals surface area contributed by atoms with E-state index >= 15 is 0 Å². The van der Waals surface area contributed by atoms with E-state index in [4.69, 9.17) is 0 Å². The molecule has 1 aromatic carbocycles. The molecule has 1 heterocycles. The van der Waals surface area contributed by atoms with Gasteiger partial charge in [0.1, 0.15) is 0 Å². The van der Waals surface area contributed by atoms with Crippen molar-refractivity contribution in [3.05, 3.63) is 53.7 Å². The van der Waals surface area contributed by atoms with Gasteiger partial charge in [0, 0.05) is 18.2 Å². The minimum Gasteiger partial charge on any atom is -0.392 e. The third kappa shape index (κ3) is 4.58. The minimum atomic E-state index is -4.33. The number of halogens is 3. The Morgan fingerprint density at radius 2 is 1.76 bits per heavy atom. The Morgan fingerprint density at radius 1 is 1.04 bits per heavy atom. The number of aliphatic hydroxyl groups excluding tert-OH is 1. The van der Waals surface area contributed by atoms with Crippen molar-refractivity contribution < 1.29 is 18.3 Å². The summed E-state index contributed by atoms with van der Waals surface area (Å²) >= 11 is 0. The molecule has 2 N–H and O–H groups in total. The maximum Gasteiger partial charge on any atom is 0.416 e. The highest BCUT2D eigenvalue weighted by molar-refractivity contribution is 5.59. The third-order valence-corrected chi connectivity index (χ3v) is 4.59. The fourth-order valence-electron chi connectivity index (χ4n) is 3.15. The number of hydrogen-bond acceptors (Lipinski definition) is 3. The van der Waals surface area contributed by atoms with E-state index in [0.29, 0.717) is 17.8 Å². The number of alkyl halides is 3. The van der Waals surface area contributed by atoms with Crippen LogP contribution in [0, 0.1) is 0 Å². The Morgan fingerprint density at radius 3 is 2.44 bits per heavy atom. The summed E-state index contributed by atoms with van der Waals surface area (Å²) in [5.41, 5.74) is 1.42. The molecular formula is C19H21F3N2O. The van der Waals surface area contributed by atoms with Gasteiger partial charge < -0.3 is 10.4 Å². The first-order valence-electron chi connectivity index (χ1n) is 8.48. The number of nitrogens with zero attached hydrogens (tertiary/aromatic N) is 1. The number of aromatic nitrogens is 1. The van der Waals surface area contributed by atoms with Crippen LogP contribution in [0.2, 0.25) is 0 Å². The lowest BCUT2D eigenvalue weighted by atomic mass is 9.92. The van der Waals surface area contributed by atoms with Crippen LogP contribution >= 0.6 is 0 Å². The second-order valence-electron chi connectivity index (χ2n) is 6.43. The van der Waals surface area contributed by atoms with Gasteiger partial charge in [0.25, 0.3) is 0 Å². The van der Waals surface area contributed by atoms with Crippen molar-refractivity contribution in [1.82, 2.24) is 10.3 Å². The summed E-state index contributed by atoms with van der Waals surface area (Å²) in [6, 6.07) is 10.6. The second-order valence-corrected chi connectivity index (χ2v) is 6.43. The molecule has 1 aromatic heterocycles. The Bertz CT molecular complexity index is 701. The Labute approximate surface area is 144 Å². The van der Waals surface area contributed by atoms with Crippen LogP contribution in [0.25, 0.3) is 11.3 Å². The number of hydrogen-bond donors (Lipinski definition) is 2. The molecule has 6 heteroatoms. The van der Waals surface area contributed by atoms with Crippen LogP contribution in [0.15, 0.2) is 42.5 Å². The van der Waals surface area contributed by atoms with Crippen molar-refractivity contribution in [2.45, 2.75) is 50.6 Å². The number of benzene rings is 1. The molecule has 1 aliphatic carbocycles. The SMILES string of the molecule is O[C@@H]1CCCC[C@@H]1NCc1cccc(-c2ccc(C(F)(F)F)cc2)n1. The molecule has 0 bridgehead atoms. The minimum absolute atomic E-state index is 0.0743. The first-order valence-corrected chi connectivity index (χ1v) is 8.48. The standard InChI is InChI=1S/C19H21F3N2O/c20-19(21,22)14-10-8-13(9-11-14)16-6-3-4-15(24-16)12-23-17-5-1-2-7-18(17)25/h3-4,6,8-11,17-18,23,25H,1-2,5,7,12H2/t17-,18+/m0/s1. The number of pyridine rings is 1. The van der Waals surface area contributed by atoms with Gasteiger partial charge in [0.15, 0.2) is 0 Å². The van der Waals surface area contributed by atoms with Crippen LogP contribution in [-0.4, -0.2) is 22.2 Å². The maximum absolute atomic E-state index is 12.7. The number of rotatable bonds is 4. The molecule has 3 nitrogen and oxygen atoms in total. The molecule has 134 valence electrons. The molecule has 0 radical (unpaired) electrons. The molecule has 25 heavy (non-hydrogen) atoms. The zero-order chi connectivity index (χ0) is 17.9. The monoisotopic (exact) mass is 350 g/mol. The van der Waals surface area contributed by atoms with E-state index in [0.717, 1.165) is 43.5 Å². The van der Waals surface area contributed by atoms with Gasteiger partial charge in [-0.2, -0.15) is 13.2 Å². The lowest BCUT2D eigenvalue weighted by Crippen LogP contribution is -2.41. The summed E-state index contributed by atoms with van der Waals surface area (Å²) in [4.78, 5) is 4.52. The smallest absolute Gasteiger partial charge is 0.392 e. The fraction of sp³-hybridized carbons (Fsp3) is 0.421. The predicted molar refractivity (Wildman–Crippen MR) is 89.8 cm³/mol. The highest BCUT2D eigenvalue weighted by Gasteiger charge is 2.30. The van der Waals surface area contributed by atoms with Gasteiger partial charge in [-0.25, -0.2) is 0 Å². The van der Waals surface area contributed by atoms with Crippen LogP contribution < -0.4 is 5.32 Å². The van der Waals surface area contributed by atoms with Gasteiger partial charge in [-0.3, -0.25) is 4.98 Å². The Hall–Kier alpha value is -1.92. The lowest BCUT2D eigenvalue weighted by molar-refractivity contribution is -0.137. The molecular weight excluding hydrogens is 329 g/mol. The molecule has 0 amide bonds. The molecule has 1 saturated carbocycles. The average molecular weight is 350 g/mol. The summed E-state index contributed by atoms with van der Waals surface area (Å²) in [6.45, 7) is 0.524. The highest BCUT2D eigenvalue weighted by Crippen LogP contribution is 2.30. The van der Waals surface area contributed by atoms with Crippen LogP contribution in [0.5, 0.6) is 0 Å². The highest BCUT2D eigenvalue weighted by atomic mass is 19.4. The van der Waals surface area contributed by atoms with E-state index in [1.165, 1.54) is 12.1 Å². The van der Waals surface area contributed by atoms with Crippen LogP contribution in [0.1, 0.15) is 36.9 Å². The molecule has 0 unspecified atom stereocenters. The molecule has 0 spiro atoms. The van der Waals surface area contributed by atoms with Crippen molar-refractivity contribution in [3.8, 4) is 11.3 Å². The van der Waals surface area contributed by atoms with Crippen molar-refractivity contribution in [3.63, 3.8) is 0 Å². The summed E-state index contributed by atoms with van der Waals surface area (Å²) in [5, 5.41) is 13.3. The van der Waals surface area contributed by atoms with Crippen molar-refractivity contribution in [2.75, 3.05) is 0 Å². The van der Waals surface area contributed by atoms with Crippen molar-refractivity contribution in [1.29, 1.82) is 0 Å². The lowest BCUT2D eigenvalue weighted by Gasteiger charge is -2.28. The quantitative estimate of drug-likeness (QED) is 0.870. The van der Waals surface area contributed by atoms with Gasteiger partial charge in [-0.1, -0.05) is 31.0 Å². The Balaban J connectivity index is 1.68. The fourth-order valence-corrected chi connectivity index (χ4v) is 3.15. The molecule has 1 fully saturated rings. The van der Waals surface area contributed by atoms with Gasteiger partial charge in [-0.05, 0) is 37.1 Å². The van der Waals surface area contributed by atoms with E-state index in [-0.39, 0.29) is 12.1 Å². The van der Waals surface area contributed by atoms with E-state index in [2.05, 4.69) is 10.3 Å². The molecule has 1 aliphatic rings. The number of nitrogens with one attached hydrogen (secondary N) is 1.